The molecule has 6 rings (SSSR count). The molecule has 2 aromatic carbocycles. The zero-order valence-corrected chi connectivity index (χ0v) is 30.5. The highest BCUT2D eigenvalue weighted by Gasteiger charge is 2.19. The zero-order valence-electron chi connectivity index (χ0n) is 29.7. The van der Waals surface area contributed by atoms with E-state index in [1.807, 2.05) is 60.9 Å². The second-order valence-corrected chi connectivity index (χ2v) is 12.6. The van der Waals surface area contributed by atoms with E-state index in [1.165, 1.54) is 6.42 Å². The van der Waals surface area contributed by atoms with Gasteiger partial charge in [0.1, 0.15) is 11.8 Å². The minimum atomic E-state index is -0.463. The summed E-state index contributed by atoms with van der Waals surface area (Å²) in [7, 11) is 0. The van der Waals surface area contributed by atoms with Crippen LogP contribution < -0.4 is 11.1 Å². The van der Waals surface area contributed by atoms with Crippen LogP contribution in [0.1, 0.15) is 55.6 Å². The molecular weight excluding hydrogens is 688 g/mol. The molecule has 278 valence electrons. The monoisotopic (exact) mass is 734 g/mol. The van der Waals surface area contributed by atoms with E-state index in [9.17, 15) is 9.59 Å². The van der Waals surface area contributed by atoms with Crippen molar-refractivity contribution in [2.75, 3.05) is 26.4 Å². The van der Waals surface area contributed by atoms with Crippen LogP contribution >= 0.6 is 11.6 Å². The number of aromatic nitrogens is 6. The van der Waals surface area contributed by atoms with Crippen LogP contribution in [0.15, 0.2) is 85.2 Å². The molecule has 2 saturated heterocycles. The first kappa shape index (κ1) is 40.2. The third kappa shape index (κ3) is 13.5. The number of allylic oxidation sites excluding steroid dienone is 1. The Morgan fingerprint density at radius 3 is 2.02 bits per heavy atom. The number of ether oxygens (including phenoxy) is 4. The van der Waals surface area contributed by atoms with Crippen LogP contribution in [0, 0.1) is 0 Å². The average molecular weight is 735 g/mol. The van der Waals surface area contributed by atoms with Gasteiger partial charge in [-0.15, -0.1) is 10.2 Å². The molecule has 4 heterocycles. The molecule has 1 amide bonds. The van der Waals surface area contributed by atoms with Crippen molar-refractivity contribution in [2.45, 2.75) is 71.6 Å². The number of halogens is 1. The molecule has 1 atom stereocenters. The molecular formula is C37H47ClN8O6. The molecule has 2 fully saturated rings. The van der Waals surface area contributed by atoms with Crippen molar-refractivity contribution in [3.8, 4) is 11.4 Å². The van der Waals surface area contributed by atoms with E-state index < -0.39 is 5.24 Å². The van der Waals surface area contributed by atoms with Gasteiger partial charge in [0.2, 0.25) is 11.1 Å². The number of nitrogens with zero attached hydrogens (tertiary/aromatic N) is 6. The fourth-order valence-electron chi connectivity index (χ4n) is 4.57. The lowest BCUT2D eigenvalue weighted by Gasteiger charge is -2.25. The van der Waals surface area contributed by atoms with Gasteiger partial charge < -0.3 is 30.0 Å². The Morgan fingerprint density at radius 2 is 1.50 bits per heavy atom. The molecule has 2 aromatic heterocycles. The standard InChI is InChI=1S/C17H20N4O3.C16H22N4O2.C4H5ClO/c1-12(2)17(22)18-7-13-3-5-15(6-4-13)21-8-14(19-20-21)9-24-16-10-23-11-16;17-11-13-4-6-15(7-5-13)20-12-14(18-19-20)8-10-22-16-3-1-2-9-21-16;1-3(2)4(5)6/h3-6,8,16H,1,7,9-11H2,2H3,(H,18,22);4-7,12,16H,1-3,8-11,17H2;1H2,2H3. The summed E-state index contributed by atoms with van der Waals surface area (Å²) >= 11 is 4.87. The summed E-state index contributed by atoms with van der Waals surface area (Å²) in [5, 5.41) is 18.9. The van der Waals surface area contributed by atoms with Crippen molar-refractivity contribution in [3.63, 3.8) is 0 Å². The second kappa shape index (κ2) is 21.1. The smallest absolute Gasteiger partial charge is 0.247 e. The van der Waals surface area contributed by atoms with Crippen LogP contribution in [-0.4, -0.2) is 80.0 Å². The minimum absolute atomic E-state index is 0.0485. The van der Waals surface area contributed by atoms with Crippen LogP contribution in [0.4, 0.5) is 0 Å². The first-order valence-corrected chi connectivity index (χ1v) is 17.4. The lowest BCUT2D eigenvalue weighted by atomic mass is 10.2. The number of rotatable bonds is 14. The van der Waals surface area contributed by atoms with Gasteiger partial charge in [0, 0.05) is 37.3 Å². The highest BCUT2D eigenvalue weighted by Crippen LogP contribution is 2.15. The maximum Gasteiger partial charge on any atom is 0.247 e. The van der Waals surface area contributed by atoms with Gasteiger partial charge in [-0.05, 0) is 80.1 Å². The lowest BCUT2D eigenvalue weighted by molar-refractivity contribution is -0.161. The van der Waals surface area contributed by atoms with E-state index in [1.54, 1.807) is 23.2 Å². The summed E-state index contributed by atoms with van der Waals surface area (Å²) in [6.45, 7) is 14.3. The Morgan fingerprint density at radius 1 is 0.904 bits per heavy atom. The Bertz CT molecular complexity index is 1720. The Balaban J connectivity index is 0.000000202. The molecule has 3 N–H and O–H groups in total. The third-order valence-electron chi connectivity index (χ3n) is 7.77. The van der Waals surface area contributed by atoms with Crippen molar-refractivity contribution < 1.29 is 28.5 Å². The number of carbonyl (C=O) groups is 2. The summed E-state index contributed by atoms with van der Waals surface area (Å²) in [6, 6.07) is 15.7. The SMILES string of the molecule is C=C(C)C(=O)Cl.C=C(C)C(=O)NCc1ccc(-n2cc(COC3COC3)nn2)cc1.NCc1ccc(-n2cc(CCOC3CCCCO3)nn2)cc1. The number of hydrogen-bond donors (Lipinski definition) is 2. The maximum atomic E-state index is 11.5. The summed E-state index contributed by atoms with van der Waals surface area (Å²) in [4.78, 5) is 21.3. The fraction of sp³-hybridized carbons (Fsp3) is 0.405. The molecule has 0 aliphatic carbocycles. The number of carbonyl (C=O) groups excluding carboxylic acids is 2. The van der Waals surface area contributed by atoms with E-state index in [0.29, 0.717) is 50.7 Å². The molecule has 0 radical (unpaired) electrons. The summed E-state index contributed by atoms with van der Waals surface area (Å²) in [6.07, 6.45) is 7.94. The zero-order chi connectivity index (χ0) is 37.3. The topological polar surface area (TPSA) is 171 Å². The quantitative estimate of drug-likeness (QED) is 0.138. The van der Waals surface area contributed by atoms with Gasteiger partial charge in [-0.3, -0.25) is 9.59 Å². The number of benzene rings is 2. The van der Waals surface area contributed by atoms with Gasteiger partial charge in [0.25, 0.3) is 0 Å². The van der Waals surface area contributed by atoms with E-state index in [4.69, 9.17) is 36.3 Å². The number of hydrogen-bond acceptors (Lipinski definition) is 11. The van der Waals surface area contributed by atoms with Crippen molar-refractivity contribution in [2.24, 2.45) is 5.73 Å². The number of nitrogens with one attached hydrogen (secondary N) is 1. The molecule has 15 heteroatoms. The number of nitrogens with two attached hydrogens (primary N) is 1. The molecule has 4 aromatic rings. The molecule has 52 heavy (non-hydrogen) atoms. The fourth-order valence-corrected chi connectivity index (χ4v) is 4.57. The molecule has 0 bridgehead atoms. The molecule has 2 aliphatic rings. The van der Waals surface area contributed by atoms with E-state index in [2.05, 4.69) is 39.1 Å². The first-order valence-electron chi connectivity index (χ1n) is 17.0. The van der Waals surface area contributed by atoms with Gasteiger partial charge >= 0.3 is 0 Å². The summed E-state index contributed by atoms with van der Waals surface area (Å²) < 4.78 is 25.4. The van der Waals surface area contributed by atoms with E-state index in [-0.39, 0.29) is 18.3 Å². The molecule has 2 aliphatic heterocycles. The Kier molecular flexibility index (Phi) is 16.3. The van der Waals surface area contributed by atoms with Crippen molar-refractivity contribution in [1.29, 1.82) is 0 Å². The Labute approximate surface area is 308 Å². The van der Waals surface area contributed by atoms with Gasteiger partial charge in [0.05, 0.1) is 55.9 Å². The van der Waals surface area contributed by atoms with Crippen LogP contribution in [0.5, 0.6) is 0 Å². The van der Waals surface area contributed by atoms with Gasteiger partial charge in [-0.1, -0.05) is 47.9 Å². The van der Waals surface area contributed by atoms with Gasteiger partial charge in [-0.25, -0.2) is 9.36 Å². The highest BCUT2D eigenvalue weighted by molar-refractivity contribution is 6.67. The van der Waals surface area contributed by atoms with E-state index >= 15 is 0 Å². The van der Waals surface area contributed by atoms with Crippen LogP contribution in [-0.2, 0) is 54.7 Å². The van der Waals surface area contributed by atoms with Gasteiger partial charge in [-0.2, -0.15) is 0 Å². The average Bonchev–Trinajstić information content (AvgIpc) is 3.82. The van der Waals surface area contributed by atoms with Crippen molar-refractivity contribution in [3.05, 3.63) is 108 Å². The first-order chi connectivity index (χ1) is 25.1. The van der Waals surface area contributed by atoms with Crippen LogP contribution in [0.25, 0.3) is 11.4 Å². The summed E-state index contributed by atoms with van der Waals surface area (Å²) in [5.74, 6) is -0.142. The molecule has 0 saturated carbocycles. The normalized spacial score (nSPS) is 15.3. The molecule has 0 spiro atoms. The second-order valence-electron chi connectivity index (χ2n) is 12.3. The largest absolute Gasteiger partial charge is 0.376 e. The van der Waals surface area contributed by atoms with Crippen molar-refractivity contribution in [1.82, 2.24) is 35.3 Å². The third-order valence-corrected chi connectivity index (χ3v) is 8.09. The predicted octanol–water partition coefficient (Wildman–Crippen LogP) is 4.51. The minimum Gasteiger partial charge on any atom is -0.376 e. The molecule has 14 nitrogen and oxygen atoms in total. The van der Waals surface area contributed by atoms with Gasteiger partial charge in [0.15, 0.2) is 6.29 Å². The van der Waals surface area contributed by atoms with Crippen molar-refractivity contribution >= 4 is 22.8 Å². The van der Waals surface area contributed by atoms with Crippen LogP contribution in [0.2, 0.25) is 0 Å². The van der Waals surface area contributed by atoms with E-state index in [0.717, 1.165) is 59.8 Å². The maximum absolute atomic E-state index is 11.5. The molecule has 1 unspecified atom stereocenters. The summed E-state index contributed by atoms with van der Waals surface area (Å²) in [5.41, 5.74) is 12.2. The predicted molar refractivity (Wildman–Crippen MR) is 196 cm³/mol. The Hall–Kier alpha value is -4.57. The lowest BCUT2D eigenvalue weighted by Crippen LogP contribution is -2.35. The van der Waals surface area contributed by atoms with Crippen LogP contribution in [0.3, 0.4) is 0 Å². The number of amides is 1. The highest BCUT2D eigenvalue weighted by atomic mass is 35.5.